The number of nitrogens with one attached hydrogen (secondary N) is 2. The highest BCUT2D eigenvalue weighted by Gasteiger charge is 2.20. The number of carbonyl (C=O) groups is 2. The quantitative estimate of drug-likeness (QED) is 0.508. The van der Waals surface area contributed by atoms with Gasteiger partial charge >= 0.3 is 5.97 Å². The van der Waals surface area contributed by atoms with Gasteiger partial charge in [0, 0.05) is 16.3 Å². The molecule has 1 amide bonds. The van der Waals surface area contributed by atoms with E-state index in [4.69, 9.17) is 21.1 Å². The number of ether oxygens (including phenoxy) is 2. The molecule has 2 N–H and O–H groups in total. The number of amides is 1. The molecule has 0 aliphatic rings. The third kappa shape index (κ3) is 5.84. The van der Waals surface area contributed by atoms with E-state index in [2.05, 4.69) is 10.6 Å². The minimum Gasteiger partial charge on any atom is -0.497 e. The summed E-state index contributed by atoms with van der Waals surface area (Å²) in [6, 6.07) is 21.2. The van der Waals surface area contributed by atoms with Crippen LogP contribution in [0.2, 0.25) is 5.02 Å². The predicted molar refractivity (Wildman–Crippen MR) is 121 cm³/mol. The maximum Gasteiger partial charge on any atom is 0.319 e. The van der Waals surface area contributed by atoms with Gasteiger partial charge in [0.1, 0.15) is 5.75 Å². The van der Waals surface area contributed by atoms with Gasteiger partial charge < -0.3 is 14.8 Å². The van der Waals surface area contributed by atoms with Gasteiger partial charge in [-0.25, -0.2) is 0 Å². The molecule has 1 atom stereocenters. The molecule has 0 aromatic heterocycles. The molecule has 0 saturated carbocycles. The van der Waals surface area contributed by atoms with Crippen LogP contribution in [0.5, 0.6) is 5.75 Å². The molecule has 0 aliphatic carbocycles. The average molecular weight is 439 g/mol. The van der Waals surface area contributed by atoms with Crippen molar-refractivity contribution in [2.45, 2.75) is 6.04 Å². The molecule has 0 spiro atoms. The summed E-state index contributed by atoms with van der Waals surface area (Å²) < 4.78 is 9.90. The lowest BCUT2D eigenvalue weighted by molar-refractivity contribution is -0.139. The summed E-state index contributed by atoms with van der Waals surface area (Å²) >= 11 is 6.28. The Morgan fingerprint density at radius 1 is 0.968 bits per heavy atom. The molecule has 0 bridgehead atoms. The zero-order chi connectivity index (χ0) is 22.2. The summed E-state index contributed by atoms with van der Waals surface area (Å²) in [5, 5.41) is 6.66. The molecule has 0 saturated heterocycles. The van der Waals surface area contributed by atoms with Gasteiger partial charge in [-0.3, -0.25) is 14.9 Å². The molecule has 6 nitrogen and oxygen atoms in total. The molecular formula is C24H23ClN2O4. The first kappa shape index (κ1) is 22.3. The molecule has 0 radical (unpaired) electrons. The first-order valence-corrected chi connectivity index (χ1v) is 9.99. The second-order valence-corrected chi connectivity index (χ2v) is 7.15. The third-order valence-corrected chi connectivity index (χ3v) is 4.97. The maximum atomic E-state index is 12.8. The number of hydrogen-bond acceptors (Lipinski definition) is 5. The van der Waals surface area contributed by atoms with Crippen molar-refractivity contribution in [2.75, 3.05) is 26.1 Å². The van der Waals surface area contributed by atoms with Crippen molar-refractivity contribution in [3.8, 4) is 5.75 Å². The lowest BCUT2D eigenvalue weighted by Crippen LogP contribution is -2.30. The van der Waals surface area contributed by atoms with Gasteiger partial charge in [-0.2, -0.15) is 0 Å². The van der Waals surface area contributed by atoms with Crippen molar-refractivity contribution in [3.63, 3.8) is 0 Å². The zero-order valence-electron chi connectivity index (χ0n) is 17.2. The van der Waals surface area contributed by atoms with Crippen LogP contribution >= 0.6 is 11.6 Å². The molecule has 3 rings (SSSR count). The summed E-state index contributed by atoms with van der Waals surface area (Å²) in [4.78, 5) is 24.6. The van der Waals surface area contributed by atoms with Crippen LogP contribution in [0.1, 0.15) is 27.5 Å². The molecule has 160 valence electrons. The minimum atomic E-state index is -0.398. The molecule has 7 heteroatoms. The van der Waals surface area contributed by atoms with E-state index in [0.29, 0.717) is 22.0 Å². The number of rotatable bonds is 8. The Kier molecular flexibility index (Phi) is 7.65. The fourth-order valence-electron chi connectivity index (χ4n) is 3.13. The van der Waals surface area contributed by atoms with Crippen LogP contribution in [0.25, 0.3) is 0 Å². The van der Waals surface area contributed by atoms with E-state index < -0.39 is 12.0 Å². The van der Waals surface area contributed by atoms with E-state index >= 15 is 0 Å². The van der Waals surface area contributed by atoms with Crippen LogP contribution in [-0.4, -0.2) is 32.6 Å². The molecule has 3 aromatic carbocycles. The van der Waals surface area contributed by atoms with Crippen LogP contribution in [0.4, 0.5) is 5.69 Å². The smallest absolute Gasteiger partial charge is 0.319 e. The average Bonchev–Trinajstić information content (AvgIpc) is 2.81. The van der Waals surface area contributed by atoms with Gasteiger partial charge in [0.05, 0.1) is 26.8 Å². The number of carbonyl (C=O) groups excluding carboxylic acids is 2. The molecule has 0 unspecified atom stereocenters. The highest BCUT2D eigenvalue weighted by Crippen LogP contribution is 2.31. The highest BCUT2D eigenvalue weighted by molar-refractivity contribution is 6.30. The Hall–Kier alpha value is -3.35. The number of benzene rings is 3. The van der Waals surface area contributed by atoms with Crippen molar-refractivity contribution in [3.05, 3.63) is 94.5 Å². The van der Waals surface area contributed by atoms with Gasteiger partial charge in [0.15, 0.2) is 0 Å². The molecule has 31 heavy (non-hydrogen) atoms. The highest BCUT2D eigenvalue weighted by atomic mass is 35.5. The first-order valence-electron chi connectivity index (χ1n) is 9.62. The van der Waals surface area contributed by atoms with Gasteiger partial charge in [-0.05, 0) is 53.6 Å². The third-order valence-electron chi connectivity index (χ3n) is 4.74. The lowest BCUT2D eigenvalue weighted by Gasteiger charge is -2.23. The monoisotopic (exact) mass is 438 g/mol. The molecule has 0 aliphatic heterocycles. The van der Waals surface area contributed by atoms with Gasteiger partial charge in [0.2, 0.25) is 0 Å². The Morgan fingerprint density at radius 2 is 1.68 bits per heavy atom. The molecule has 3 aromatic rings. The van der Waals surface area contributed by atoms with Crippen LogP contribution in [0.15, 0.2) is 72.8 Å². The predicted octanol–water partition coefficient (Wildman–Crippen LogP) is 4.45. The lowest BCUT2D eigenvalue weighted by atomic mass is 9.96. The van der Waals surface area contributed by atoms with Crippen LogP contribution < -0.4 is 15.4 Å². The normalized spacial score (nSPS) is 11.5. The number of esters is 1. The van der Waals surface area contributed by atoms with Crippen molar-refractivity contribution >= 4 is 29.2 Å². The summed E-state index contributed by atoms with van der Waals surface area (Å²) in [6.07, 6.45) is 0. The van der Waals surface area contributed by atoms with E-state index in [0.717, 1.165) is 11.1 Å². The molecule has 0 fully saturated rings. The van der Waals surface area contributed by atoms with Crippen LogP contribution in [0.3, 0.4) is 0 Å². The fourth-order valence-corrected chi connectivity index (χ4v) is 3.31. The Morgan fingerprint density at radius 3 is 2.32 bits per heavy atom. The summed E-state index contributed by atoms with van der Waals surface area (Å²) in [6.45, 7) is -0.00552. The second-order valence-electron chi connectivity index (χ2n) is 6.71. The standard InChI is InChI=1S/C24H23ClN2O4/c1-30-19-11-8-17(9-12-19)24(29)27-21-13-10-18(25)14-20(21)23(26-15-22(28)31-2)16-6-4-3-5-7-16/h3-14,23,26H,15H2,1-2H3,(H,27,29)/t23-/m1/s1. The number of hydrogen-bond donors (Lipinski definition) is 2. The van der Waals surface area contributed by atoms with Gasteiger partial charge in [-0.15, -0.1) is 0 Å². The largest absolute Gasteiger partial charge is 0.497 e. The van der Waals surface area contributed by atoms with E-state index in [-0.39, 0.29) is 12.5 Å². The first-order chi connectivity index (χ1) is 15.0. The van der Waals surface area contributed by atoms with Crippen molar-refractivity contribution in [1.82, 2.24) is 5.32 Å². The topological polar surface area (TPSA) is 76.7 Å². The fraction of sp³-hybridized carbons (Fsp3) is 0.167. The Balaban J connectivity index is 1.94. The van der Waals surface area contributed by atoms with E-state index in [1.165, 1.54) is 7.11 Å². The van der Waals surface area contributed by atoms with Crippen molar-refractivity contribution < 1.29 is 19.1 Å². The summed E-state index contributed by atoms with van der Waals surface area (Å²) in [5.41, 5.74) is 2.70. The van der Waals surface area contributed by atoms with Gasteiger partial charge in [0.25, 0.3) is 5.91 Å². The van der Waals surface area contributed by atoms with Gasteiger partial charge in [-0.1, -0.05) is 41.9 Å². The SMILES string of the molecule is COC(=O)CN[C@H](c1ccccc1)c1cc(Cl)ccc1NC(=O)c1ccc(OC)cc1. The summed E-state index contributed by atoms with van der Waals surface area (Å²) in [7, 11) is 2.90. The molecule has 0 heterocycles. The Bertz CT molecular complexity index is 1040. The van der Waals surface area contributed by atoms with E-state index in [1.54, 1.807) is 49.6 Å². The van der Waals surface area contributed by atoms with E-state index in [9.17, 15) is 9.59 Å². The number of methoxy groups -OCH3 is 2. The maximum absolute atomic E-state index is 12.8. The minimum absolute atomic E-state index is 0.00552. The second kappa shape index (κ2) is 10.6. The Labute approximate surface area is 186 Å². The number of halogens is 1. The van der Waals surface area contributed by atoms with E-state index in [1.807, 2.05) is 30.3 Å². The van der Waals surface area contributed by atoms with Crippen molar-refractivity contribution in [1.29, 1.82) is 0 Å². The van der Waals surface area contributed by atoms with Crippen molar-refractivity contribution in [2.24, 2.45) is 0 Å². The van der Waals surface area contributed by atoms with Crippen LogP contribution in [-0.2, 0) is 9.53 Å². The summed E-state index contributed by atoms with van der Waals surface area (Å²) in [5.74, 6) is -0.00216. The number of anilines is 1. The van der Waals surface area contributed by atoms with Crippen LogP contribution in [0, 0.1) is 0 Å². The zero-order valence-corrected chi connectivity index (χ0v) is 18.0. The molecular weight excluding hydrogens is 416 g/mol.